The number of nitrogens with zero attached hydrogens (tertiary/aromatic N) is 4. The van der Waals surface area contributed by atoms with Gasteiger partial charge in [0.25, 0.3) is 5.69 Å². The topological polar surface area (TPSA) is 112 Å². The number of carbonyl (C=O) groups excluding carboxylic acids is 1. The van der Waals surface area contributed by atoms with E-state index < -0.39 is 4.92 Å². The second-order valence-electron chi connectivity index (χ2n) is 6.63. The van der Waals surface area contributed by atoms with Crippen LogP contribution >= 0.6 is 35.0 Å². The van der Waals surface area contributed by atoms with E-state index in [1.54, 1.807) is 24.3 Å². The zero-order valence-corrected chi connectivity index (χ0v) is 19.3. The number of carbonyl (C=O) groups is 1. The van der Waals surface area contributed by atoms with Gasteiger partial charge in [0.1, 0.15) is 11.6 Å². The summed E-state index contributed by atoms with van der Waals surface area (Å²) in [6.45, 7) is 0.447. The number of aromatic nitrogens is 3. The van der Waals surface area contributed by atoms with Crippen molar-refractivity contribution in [3.8, 4) is 5.75 Å². The highest BCUT2D eigenvalue weighted by molar-refractivity contribution is 7.99. The van der Waals surface area contributed by atoms with Crippen molar-refractivity contribution >= 4 is 52.2 Å². The van der Waals surface area contributed by atoms with E-state index in [2.05, 4.69) is 15.5 Å². The number of nitro groups is 1. The van der Waals surface area contributed by atoms with Crippen molar-refractivity contribution in [1.82, 2.24) is 14.8 Å². The van der Waals surface area contributed by atoms with Crippen LogP contribution in [-0.2, 0) is 18.3 Å². The van der Waals surface area contributed by atoms with Crippen LogP contribution in [0.25, 0.3) is 0 Å². The molecule has 0 saturated carbocycles. The summed E-state index contributed by atoms with van der Waals surface area (Å²) in [5.41, 5.74) is 0.278. The first-order valence-electron chi connectivity index (χ1n) is 9.46. The zero-order chi connectivity index (χ0) is 23.1. The molecule has 0 aliphatic heterocycles. The molecule has 0 unspecified atom stereocenters. The molecule has 1 N–H and O–H groups in total. The highest BCUT2D eigenvalue weighted by Gasteiger charge is 2.13. The molecule has 12 heteroatoms. The minimum atomic E-state index is -0.513. The van der Waals surface area contributed by atoms with Crippen LogP contribution in [0.5, 0.6) is 5.75 Å². The predicted molar refractivity (Wildman–Crippen MR) is 124 cm³/mol. The first-order valence-corrected chi connectivity index (χ1v) is 11.2. The molecule has 9 nitrogen and oxygen atoms in total. The molecule has 168 valence electrons. The summed E-state index contributed by atoms with van der Waals surface area (Å²) in [5.74, 6) is 1.12. The lowest BCUT2D eigenvalue weighted by atomic mass is 10.3. The summed E-state index contributed by atoms with van der Waals surface area (Å²) in [6, 6.07) is 10.8. The third kappa shape index (κ3) is 6.59. The maximum Gasteiger partial charge on any atom is 0.271 e. The van der Waals surface area contributed by atoms with Crippen molar-refractivity contribution in [3.63, 3.8) is 0 Å². The highest BCUT2D eigenvalue weighted by atomic mass is 35.5. The number of benzene rings is 2. The van der Waals surface area contributed by atoms with E-state index in [4.69, 9.17) is 27.9 Å². The number of non-ortho nitro benzene ring substituents is 1. The van der Waals surface area contributed by atoms with Gasteiger partial charge in [0.15, 0.2) is 5.16 Å². The number of anilines is 1. The number of rotatable bonds is 10. The second kappa shape index (κ2) is 11.2. The van der Waals surface area contributed by atoms with Crippen molar-refractivity contribution in [1.29, 1.82) is 0 Å². The number of halogens is 2. The van der Waals surface area contributed by atoms with Crippen LogP contribution in [0.4, 0.5) is 11.4 Å². The van der Waals surface area contributed by atoms with Crippen LogP contribution in [0.15, 0.2) is 47.6 Å². The number of thioether (sulfide) groups is 1. The van der Waals surface area contributed by atoms with Crippen molar-refractivity contribution < 1.29 is 14.5 Å². The van der Waals surface area contributed by atoms with E-state index in [9.17, 15) is 14.9 Å². The summed E-state index contributed by atoms with van der Waals surface area (Å²) < 4.78 is 7.49. The van der Waals surface area contributed by atoms with E-state index in [0.29, 0.717) is 46.1 Å². The van der Waals surface area contributed by atoms with Gasteiger partial charge in [-0.25, -0.2) is 0 Å². The largest absolute Gasteiger partial charge is 0.492 e. The summed E-state index contributed by atoms with van der Waals surface area (Å²) in [6.07, 6.45) is 1.33. The molecule has 32 heavy (non-hydrogen) atoms. The van der Waals surface area contributed by atoms with Crippen LogP contribution in [0.1, 0.15) is 12.2 Å². The van der Waals surface area contributed by atoms with Gasteiger partial charge in [-0.15, -0.1) is 10.2 Å². The SMILES string of the molecule is Cn1c(CCCOc2ccc(Cl)cc2Cl)nnc1SCC(=O)Nc1cccc([N+](=O)[O-])c1. The molecule has 1 aromatic heterocycles. The fourth-order valence-corrected chi connectivity index (χ4v) is 3.91. The quantitative estimate of drug-likeness (QED) is 0.186. The average molecular weight is 496 g/mol. The van der Waals surface area contributed by atoms with Gasteiger partial charge in [-0.1, -0.05) is 41.0 Å². The van der Waals surface area contributed by atoms with Gasteiger partial charge in [0.05, 0.1) is 22.3 Å². The van der Waals surface area contributed by atoms with Gasteiger partial charge in [0, 0.05) is 36.3 Å². The van der Waals surface area contributed by atoms with E-state index >= 15 is 0 Å². The molecular formula is C20H19Cl2N5O4S. The van der Waals surface area contributed by atoms with Gasteiger partial charge >= 0.3 is 0 Å². The molecule has 0 bridgehead atoms. The molecule has 0 aliphatic carbocycles. The number of ether oxygens (including phenoxy) is 1. The van der Waals surface area contributed by atoms with Crippen LogP contribution in [0.2, 0.25) is 10.0 Å². The standard InChI is InChI=1S/C20H19Cl2N5O4S/c1-26-18(6-3-9-31-17-8-7-13(21)10-16(17)22)24-25-20(26)32-12-19(28)23-14-4-2-5-15(11-14)27(29)30/h2,4-5,7-8,10-11H,3,6,9,12H2,1H3,(H,23,28). The Morgan fingerprint density at radius 2 is 2.06 bits per heavy atom. The second-order valence-corrected chi connectivity index (χ2v) is 8.42. The Morgan fingerprint density at radius 1 is 1.25 bits per heavy atom. The number of aryl methyl sites for hydroxylation is 1. The van der Waals surface area contributed by atoms with Crippen LogP contribution in [-0.4, -0.2) is 38.0 Å². The van der Waals surface area contributed by atoms with E-state index in [1.165, 1.54) is 30.0 Å². The number of nitro benzene ring substituents is 1. The lowest BCUT2D eigenvalue weighted by Gasteiger charge is -2.08. The number of hydrogen-bond acceptors (Lipinski definition) is 7. The molecule has 1 heterocycles. The van der Waals surface area contributed by atoms with E-state index in [-0.39, 0.29) is 17.3 Å². The normalized spacial score (nSPS) is 10.7. The van der Waals surface area contributed by atoms with Gasteiger partial charge < -0.3 is 14.6 Å². The maximum absolute atomic E-state index is 12.2. The summed E-state index contributed by atoms with van der Waals surface area (Å²) in [4.78, 5) is 22.5. The van der Waals surface area contributed by atoms with Crippen molar-refractivity contribution in [2.75, 3.05) is 17.7 Å². The Hall–Kier alpha value is -2.82. The Balaban J connectivity index is 1.45. The summed E-state index contributed by atoms with van der Waals surface area (Å²) >= 11 is 13.2. The summed E-state index contributed by atoms with van der Waals surface area (Å²) in [5, 5.41) is 23.4. The average Bonchev–Trinajstić information content (AvgIpc) is 3.10. The van der Waals surface area contributed by atoms with Crippen LogP contribution < -0.4 is 10.1 Å². The molecule has 0 atom stereocenters. The summed E-state index contributed by atoms with van der Waals surface area (Å²) in [7, 11) is 1.83. The maximum atomic E-state index is 12.2. The van der Waals surface area contributed by atoms with Gasteiger partial charge in [-0.3, -0.25) is 14.9 Å². The molecule has 0 aliphatic rings. The van der Waals surface area contributed by atoms with Crippen LogP contribution in [0, 0.1) is 10.1 Å². The van der Waals surface area contributed by atoms with E-state index in [1.807, 2.05) is 11.6 Å². The Labute approximate surface area is 198 Å². The zero-order valence-electron chi connectivity index (χ0n) is 17.0. The van der Waals surface area contributed by atoms with Gasteiger partial charge in [-0.05, 0) is 30.7 Å². The van der Waals surface area contributed by atoms with Gasteiger partial charge in [-0.2, -0.15) is 0 Å². The molecule has 0 fully saturated rings. The molecular weight excluding hydrogens is 477 g/mol. The minimum Gasteiger partial charge on any atom is -0.492 e. The van der Waals surface area contributed by atoms with Gasteiger partial charge in [0.2, 0.25) is 5.91 Å². The third-order valence-electron chi connectivity index (χ3n) is 4.29. The fourth-order valence-electron chi connectivity index (χ4n) is 2.72. The third-order valence-corrected chi connectivity index (χ3v) is 5.85. The fraction of sp³-hybridized carbons (Fsp3) is 0.250. The molecule has 0 saturated heterocycles. The van der Waals surface area contributed by atoms with Crippen molar-refractivity contribution in [2.24, 2.45) is 7.05 Å². The first-order chi connectivity index (χ1) is 15.3. The molecule has 3 rings (SSSR count). The van der Waals surface area contributed by atoms with Crippen LogP contribution in [0.3, 0.4) is 0 Å². The molecule has 2 aromatic carbocycles. The van der Waals surface area contributed by atoms with E-state index in [0.717, 1.165) is 5.82 Å². The lowest BCUT2D eigenvalue weighted by molar-refractivity contribution is -0.384. The van der Waals surface area contributed by atoms with Crippen molar-refractivity contribution in [2.45, 2.75) is 18.0 Å². The molecule has 1 amide bonds. The Bertz CT molecular complexity index is 1130. The number of hydrogen-bond donors (Lipinski definition) is 1. The monoisotopic (exact) mass is 495 g/mol. The smallest absolute Gasteiger partial charge is 0.271 e. The Kier molecular flexibility index (Phi) is 8.32. The number of amides is 1. The predicted octanol–water partition coefficient (Wildman–Crippen LogP) is 4.77. The molecule has 3 aromatic rings. The molecule has 0 spiro atoms. The highest BCUT2D eigenvalue weighted by Crippen LogP contribution is 2.27. The first kappa shape index (κ1) is 23.8. The molecule has 0 radical (unpaired) electrons. The number of nitrogens with one attached hydrogen (secondary N) is 1. The van der Waals surface area contributed by atoms with Crippen molar-refractivity contribution in [3.05, 3.63) is 68.4 Å². The lowest BCUT2D eigenvalue weighted by Crippen LogP contribution is -2.14. The minimum absolute atomic E-state index is 0.0873. The Morgan fingerprint density at radius 3 is 2.81 bits per heavy atom.